The van der Waals surface area contributed by atoms with Crippen molar-refractivity contribution >= 4 is 38.6 Å². The normalized spacial score (nSPS) is 13.0. The fourth-order valence-electron chi connectivity index (χ4n) is 7.74. The summed E-state index contributed by atoms with van der Waals surface area (Å²) in [6.07, 6.45) is 0. The third-order valence-electron chi connectivity index (χ3n) is 10.2. The number of hydrogen-bond donors (Lipinski definition) is 0. The second-order valence-corrected chi connectivity index (χ2v) is 13.4. The van der Waals surface area contributed by atoms with Crippen LogP contribution < -0.4 is 4.90 Å². The summed E-state index contributed by atoms with van der Waals surface area (Å²) in [5.41, 5.74) is 13.8. The van der Waals surface area contributed by atoms with Crippen LogP contribution in [0.25, 0.3) is 54.9 Å². The molecule has 1 nitrogen and oxygen atoms in total. The molecule has 0 fully saturated rings. The molecule has 0 radical (unpaired) electrons. The monoisotopic (exact) mass is 613 g/mol. The number of anilines is 3. The smallest absolute Gasteiger partial charge is 0.0468 e. The molecule has 0 saturated heterocycles. The number of nitrogens with zero attached hydrogens (tertiary/aromatic N) is 1. The molecular formula is C47H35N. The Hall–Kier alpha value is -5.92. The van der Waals surface area contributed by atoms with Crippen LogP contribution in [0.15, 0.2) is 176 Å². The zero-order valence-electron chi connectivity index (χ0n) is 27.2. The Morgan fingerprint density at radius 2 is 0.917 bits per heavy atom. The molecule has 8 aromatic carbocycles. The lowest BCUT2D eigenvalue weighted by Gasteiger charge is -2.27. The maximum Gasteiger partial charge on any atom is 0.0468 e. The van der Waals surface area contributed by atoms with E-state index >= 15 is 0 Å². The molecule has 0 bridgehead atoms. The van der Waals surface area contributed by atoms with E-state index in [0.717, 1.165) is 17.1 Å². The molecule has 0 spiro atoms. The van der Waals surface area contributed by atoms with E-state index in [1.165, 1.54) is 66.1 Å². The Kier molecular flexibility index (Phi) is 6.55. The minimum absolute atomic E-state index is 0.0382. The first-order valence-corrected chi connectivity index (χ1v) is 16.8. The van der Waals surface area contributed by atoms with E-state index in [9.17, 15) is 0 Å². The zero-order chi connectivity index (χ0) is 32.2. The fourth-order valence-corrected chi connectivity index (χ4v) is 7.74. The molecule has 0 amide bonds. The van der Waals surface area contributed by atoms with Gasteiger partial charge >= 0.3 is 0 Å². The summed E-state index contributed by atoms with van der Waals surface area (Å²) in [7, 11) is 0. The van der Waals surface area contributed by atoms with Crippen molar-refractivity contribution in [1.82, 2.24) is 0 Å². The van der Waals surface area contributed by atoms with Crippen LogP contribution in [0.2, 0.25) is 0 Å². The summed E-state index contributed by atoms with van der Waals surface area (Å²) < 4.78 is 0. The van der Waals surface area contributed by atoms with Gasteiger partial charge in [-0.25, -0.2) is 0 Å². The predicted molar refractivity (Wildman–Crippen MR) is 205 cm³/mol. The van der Waals surface area contributed by atoms with Gasteiger partial charge in [0, 0.05) is 22.5 Å². The molecule has 0 aliphatic heterocycles. The first-order valence-electron chi connectivity index (χ1n) is 16.8. The zero-order valence-corrected chi connectivity index (χ0v) is 27.2. The van der Waals surface area contributed by atoms with Crippen LogP contribution in [-0.2, 0) is 5.41 Å². The summed E-state index contributed by atoms with van der Waals surface area (Å²) >= 11 is 0. The highest BCUT2D eigenvalue weighted by atomic mass is 15.1. The third-order valence-corrected chi connectivity index (χ3v) is 10.2. The van der Waals surface area contributed by atoms with Crippen LogP contribution in [0.1, 0.15) is 25.0 Å². The Labute approximate surface area is 282 Å². The number of benzene rings is 8. The molecule has 0 atom stereocenters. The number of fused-ring (bicyclic) bond motifs is 5. The molecule has 228 valence electrons. The van der Waals surface area contributed by atoms with E-state index < -0.39 is 0 Å². The Bertz CT molecular complexity index is 2480. The van der Waals surface area contributed by atoms with Crippen molar-refractivity contribution in [2.75, 3.05) is 4.90 Å². The molecule has 0 saturated carbocycles. The van der Waals surface area contributed by atoms with Crippen molar-refractivity contribution in [1.29, 1.82) is 0 Å². The summed E-state index contributed by atoms with van der Waals surface area (Å²) in [6, 6.07) is 64.4. The molecule has 0 aromatic heterocycles. The lowest BCUT2D eigenvalue weighted by atomic mass is 9.82. The average Bonchev–Trinajstić information content (AvgIpc) is 3.38. The third kappa shape index (κ3) is 4.62. The topological polar surface area (TPSA) is 3.24 Å². The fraction of sp³-hybridized carbons (Fsp3) is 0.0638. The first-order chi connectivity index (χ1) is 23.5. The van der Waals surface area contributed by atoms with Crippen LogP contribution in [0.5, 0.6) is 0 Å². The van der Waals surface area contributed by atoms with Crippen molar-refractivity contribution < 1.29 is 0 Å². The Balaban J connectivity index is 1.18. The van der Waals surface area contributed by atoms with Gasteiger partial charge in [0.2, 0.25) is 0 Å². The van der Waals surface area contributed by atoms with Gasteiger partial charge in [-0.2, -0.15) is 0 Å². The Morgan fingerprint density at radius 1 is 0.354 bits per heavy atom. The molecule has 0 heterocycles. The van der Waals surface area contributed by atoms with Gasteiger partial charge in [0.05, 0.1) is 0 Å². The first kappa shape index (κ1) is 28.3. The largest absolute Gasteiger partial charge is 0.310 e. The summed E-state index contributed by atoms with van der Waals surface area (Å²) in [6.45, 7) is 4.70. The highest BCUT2D eigenvalue weighted by Gasteiger charge is 2.36. The van der Waals surface area contributed by atoms with Crippen LogP contribution in [0.4, 0.5) is 17.1 Å². The van der Waals surface area contributed by atoms with E-state index in [4.69, 9.17) is 0 Å². The van der Waals surface area contributed by atoms with Gasteiger partial charge in [0.25, 0.3) is 0 Å². The van der Waals surface area contributed by atoms with E-state index in [0.29, 0.717) is 0 Å². The van der Waals surface area contributed by atoms with Crippen molar-refractivity contribution in [3.05, 3.63) is 187 Å². The van der Waals surface area contributed by atoms with Crippen LogP contribution in [-0.4, -0.2) is 0 Å². The van der Waals surface area contributed by atoms with Gasteiger partial charge in [0.15, 0.2) is 0 Å². The SMILES string of the molecule is CC1(C)c2ccccc2-c2c(-c3cccc(N(c4ccc(-c5ccc6ccccc6c5)cc4)c4ccc5ccccc5c4)c3)cccc21. The number of rotatable bonds is 5. The van der Waals surface area contributed by atoms with Crippen molar-refractivity contribution in [3.63, 3.8) is 0 Å². The van der Waals surface area contributed by atoms with Gasteiger partial charge in [0.1, 0.15) is 0 Å². The molecular weight excluding hydrogens is 579 g/mol. The predicted octanol–water partition coefficient (Wildman–Crippen LogP) is 13.1. The maximum atomic E-state index is 2.39. The summed E-state index contributed by atoms with van der Waals surface area (Å²) in [5.74, 6) is 0. The highest BCUT2D eigenvalue weighted by Crippen LogP contribution is 2.52. The number of hydrogen-bond acceptors (Lipinski definition) is 1. The average molecular weight is 614 g/mol. The molecule has 8 aromatic rings. The van der Waals surface area contributed by atoms with Gasteiger partial charge < -0.3 is 4.90 Å². The van der Waals surface area contributed by atoms with Crippen LogP contribution in [0.3, 0.4) is 0 Å². The molecule has 0 unspecified atom stereocenters. The van der Waals surface area contributed by atoms with Gasteiger partial charge in [-0.15, -0.1) is 0 Å². The molecule has 1 aliphatic rings. The summed E-state index contributed by atoms with van der Waals surface area (Å²) in [5, 5.41) is 4.98. The van der Waals surface area contributed by atoms with Crippen LogP contribution >= 0.6 is 0 Å². The maximum absolute atomic E-state index is 2.39. The molecule has 0 N–H and O–H groups in total. The van der Waals surface area contributed by atoms with E-state index in [-0.39, 0.29) is 5.41 Å². The second kappa shape index (κ2) is 11.1. The van der Waals surface area contributed by atoms with E-state index in [1.54, 1.807) is 0 Å². The van der Waals surface area contributed by atoms with Gasteiger partial charge in [-0.1, -0.05) is 147 Å². The van der Waals surface area contributed by atoms with Crippen molar-refractivity contribution in [2.45, 2.75) is 19.3 Å². The lowest BCUT2D eigenvalue weighted by Crippen LogP contribution is -2.14. The highest BCUT2D eigenvalue weighted by molar-refractivity contribution is 5.95. The van der Waals surface area contributed by atoms with Crippen molar-refractivity contribution in [3.8, 4) is 33.4 Å². The lowest BCUT2D eigenvalue weighted by molar-refractivity contribution is 0.660. The molecule has 1 heteroatoms. The van der Waals surface area contributed by atoms with Crippen LogP contribution in [0, 0.1) is 0 Å². The minimum atomic E-state index is -0.0382. The van der Waals surface area contributed by atoms with E-state index in [2.05, 4.69) is 195 Å². The minimum Gasteiger partial charge on any atom is -0.310 e. The second-order valence-electron chi connectivity index (χ2n) is 13.4. The molecule has 9 rings (SSSR count). The van der Waals surface area contributed by atoms with E-state index in [1.807, 2.05) is 0 Å². The molecule has 48 heavy (non-hydrogen) atoms. The standard InChI is InChI=1S/C47H35N/c1-47(2)44-19-8-7-17-43(44)46-42(18-10-20-45(46)47)38-15-9-16-40(31-38)48(41-28-25-33-12-4-6-14-36(33)30-41)39-26-23-34(24-27-39)37-22-21-32-11-3-5-13-35(32)29-37/h3-31H,1-2H3. The van der Waals surface area contributed by atoms with Gasteiger partial charge in [-0.3, -0.25) is 0 Å². The quantitative estimate of drug-likeness (QED) is 0.187. The Morgan fingerprint density at radius 3 is 1.71 bits per heavy atom. The van der Waals surface area contributed by atoms with Crippen molar-refractivity contribution in [2.24, 2.45) is 0 Å². The molecule has 1 aliphatic carbocycles. The summed E-state index contributed by atoms with van der Waals surface area (Å²) in [4.78, 5) is 2.39. The van der Waals surface area contributed by atoms with Gasteiger partial charge in [-0.05, 0) is 109 Å².